The van der Waals surface area contributed by atoms with Crippen molar-refractivity contribution in [2.45, 2.75) is 18.4 Å². The Hall–Kier alpha value is -1.22. The summed E-state index contributed by atoms with van der Waals surface area (Å²) in [5, 5.41) is 4.84. The van der Waals surface area contributed by atoms with Gasteiger partial charge in [-0.05, 0) is 54.8 Å². The Kier molecular flexibility index (Phi) is 3.87. The molecule has 0 saturated heterocycles. The maximum Gasteiger partial charge on any atom is 0.251 e. The van der Waals surface area contributed by atoms with Crippen molar-refractivity contribution in [2.24, 2.45) is 0 Å². The minimum atomic E-state index is -0.377. The first kappa shape index (κ1) is 14.7. The molecule has 0 atom stereocenters. The van der Waals surface area contributed by atoms with E-state index in [1.165, 1.54) is 0 Å². The Bertz CT molecular complexity index is 693. The monoisotopic (exact) mass is 339 g/mol. The van der Waals surface area contributed by atoms with Crippen LogP contribution in [0.5, 0.6) is 0 Å². The summed E-state index contributed by atoms with van der Waals surface area (Å²) in [6, 6.07) is 12.2. The number of hydrogen-bond acceptors (Lipinski definition) is 1. The van der Waals surface area contributed by atoms with E-state index in [4.69, 9.17) is 34.8 Å². The Balaban J connectivity index is 1.83. The van der Waals surface area contributed by atoms with Crippen molar-refractivity contribution in [1.82, 2.24) is 5.32 Å². The number of carbonyl (C=O) groups is 1. The summed E-state index contributed by atoms with van der Waals surface area (Å²) in [6.45, 7) is 0. The third-order valence-electron chi connectivity index (χ3n) is 3.66. The van der Waals surface area contributed by atoms with Crippen LogP contribution in [0.15, 0.2) is 42.5 Å². The van der Waals surface area contributed by atoms with E-state index in [9.17, 15) is 4.79 Å². The van der Waals surface area contributed by atoms with Crippen molar-refractivity contribution in [3.8, 4) is 0 Å². The van der Waals surface area contributed by atoms with E-state index in [0.717, 1.165) is 18.4 Å². The number of rotatable bonds is 3. The number of carbonyl (C=O) groups excluding carboxylic acids is 1. The molecule has 21 heavy (non-hydrogen) atoms. The lowest BCUT2D eigenvalue weighted by Gasteiger charge is -2.19. The maximum atomic E-state index is 12.3. The van der Waals surface area contributed by atoms with Crippen LogP contribution >= 0.6 is 34.8 Å². The van der Waals surface area contributed by atoms with Gasteiger partial charge in [-0.15, -0.1) is 0 Å². The summed E-state index contributed by atoms with van der Waals surface area (Å²) < 4.78 is 0. The largest absolute Gasteiger partial charge is 0.342 e. The second kappa shape index (κ2) is 5.53. The smallest absolute Gasteiger partial charge is 0.251 e. The number of amides is 1. The lowest BCUT2D eigenvalue weighted by molar-refractivity contribution is 0.0931. The van der Waals surface area contributed by atoms with E-state index in [2.05, 4.69) is 5.32 Å². The molecule has 2 nitrogen and oxygen atoms in total. The molecular formula is C16H12Cl3NO. The van der Waals surface area contributed by atoms with Gasteiger partial charge in [-0.2, -0.15) is 0 Å². The molecule has 1 N–H and O–H groups in total. The standard InChI is InChI=1S/C16H12Cl3NO/c17-11-3-1-10(2-4-11)15(21)20-16(7-8-16)13-6-5-12(18)9-14(13)19/h1-6,9H,7-8H2,(H,20,21). The summed E-state index contributed by atoms with van der Waals surface area (Å²) in [5.41, 5.74) is 1.12. The number of halogens is 3. The molecule has 0 aliphatic heterocycles. The molecule has 5 heteroatoms. The number of hydrogen-bond donors (Lipinski definition) is 1. The molecule has 2 aromatic rings. The molecule has 1 saturated carbocycles. The first-order chi connectivity index (χ1) is 10.00. The van der Waals surface area contributed by atoms with Gasteiger partial charge in [0.1, 0.15) is 0 Å². The molecule has 108 valence electrons. The highest BCUT2D eigenvalue weighted by Gasteiger charge is 2.47. The van der Waals surface area contributed by atoms with E-state index in [1.807, 2.05) is 6.07 Å². The predicted octanol–water partition coefficient (Wildman–Crippen LogP) is 5.07. The predicted molar refractivity (Wildman–Crippen MR) is 86.3 cm³/mol. The molecule has 0 spiro atoms. The van der Waals surface area contributed by atoms with Crippen molar-refractivity contribution in [1.29, 1.82) is 0 Å². The van der Waals surface area contributed by atoms with Gasteiger partial charge < -0.3 is 5.32 Å². The summed E-state index contributed by atoms with van der Waals surface area (Å²) in [7, 11) is 0. The van der Waals surface area contributed by atoms with Gasteiger partial charge in [0.05, 0.1) is 5.54 Å². The zero-order valence-electron chi connectivity index (χ0n) is 11.0. The fraction of sp³-hybridized carbons (Fsp3) is 0.188. The van der Waals surface area contributed by atoms with Gasteiger partial charge in [0, 0.05) is 20.6 Å². The Labute approximate surface area is 138 Å². The molecule has 0 bridgehead atoms. The molecule has 2 aromatic carbocycles. The van der Waals surface area contributed by atoms with Crippen LogP contribution in [0, 0.1) is 0 Å². The average Bonchev–Trinajstić information content (AvgIpc) is 3.19. The highest BCUT2D eigenvalue weighted by atomic mass is 35.5. The van der Waals surface area contributed by atoms with Crippen LogP contribution in [0.25, 0.3) is 0 Å². The van der Waals surface area contributed by atoms with Gasteiger partial charge in [0.25, 0.3) is 5.91 Å². The molecule has 0 heterocycles. The van der Waals surface area contributed by atoms with Crippen LogP contribution in [0.4, 0.5) is 0 Å². The van der Waals surface area contributed by atoms with E-state index in [-0.39, 0.29) is 11.4 Å². The Morgan fingerprint density at radius 2 is 1.57 bits per heavy atom. The fourth-order valence-corrected chi connectivity index (χ4v) is 3.07. The minimum Gasteiger partial charge on any atom is -0.342 e. The van der Waals surface area contributed by atoms with Crippen molar-refractivity contribution in [3.63, 3.8) is 0 Å². The average molecular weight is 341 g/mol. The second-order valence-corrected chi connectivity index (χ2v) is 6.45. The number of benzene rings is 2. The number of nitrogens with one attached hydrogen (secondary N) is 1. The van der Waals surface area contributed by atoms with Gasteiger partial charge in [-0.25, -0.2) is 0 Å². The van der Waals surface area contributed by atoms with E-state index in [0.29, 0.717) is 20.6 Å². The van der Waals surface area contributed by atoms with Gasteiger partial charge in [-0.3, -0.25) is 4.79 Å². The summed E-state index contributed by atoms with van der Waals surface area (Å²) in [6.07, 6.45) is 1.74. The lowest BCUT2D eigenvalue weighted by atomic mass is 10.0. The molecular weight excluding hydrogens is 329 g/mol. The van der Waals surface area contributed by atoms with E-state index >= 15 is 0 Å². The van der Waals surface area contributed by atoms with E-state index < -0.39 is 0 Å². The molecule has 0 aromatic heterocycles. The molecule has 3 rings (SSSR count). The Morgan fingerprint density at radius 1 is 0.952 bits per heavy atom. The highest BCUT2D eigenvalue weighted by Crippen LogP contribution is 2.48. The minimum absolute atomic E-state index is 0.129. The SMILES string of the molecule is O=C(NC1(c2ccc(Cl)cc2Cl)CC1)c1ccc(Cl)cc1. The van der Waals surface area contributed by atoms with Gasteiger partial charge in [-0.1, -0.05) is 40.9 Å². The first-order valence-corrected chi connectivity index (χ1v) is 7.67. The zero-order chi connectivity index (χ0) is 15.0. The molecule has 1 fully saturated rings. The molecule has 0 radical (unpaired) electrons. The fourth-order valence-electron chi connectivity index (χ4n) is 2.36. The summed E-state index contributed by atoms with van der Waals surface area (Å²) in [4.78, 5) is 12.3. The normalized spacial score (nSPS) is 15.6. The van der Waals surface area contributed by atoms with Crippen molar-refractivity contribution >= 4 is 40.7 Å². The molecule has 1 aliphatic carbocycles. The van der Waals surface area contributed by atoms with Crippen molar-refractivity contribution < 1.29 is 4.79 Å². The lowest BCUT2D eigenvalue weighted by Crippen LogP contribution is -2.35. The van der Waals surface area contributed by atoms with Crippen LogP contribution in [0.2, 0.25) is 15.1 Å². The van der Waals surface area contributed by atoms with Crippen molar-refractivity contribution in [2.75, 3.05) is 0 Å². The topological polar surface area (TPSA) is 29.1 Å². The third-order valence-corrected chi connectivity index (χ3v) is 4.46. The third kappa shape index (κ3) is 3.03. The molecule has 1 amide bonds. The first-order valence-electron chi connectivity index (χ1n) is 6.54. The second-order valence-electron chi connectivity index (χ2n) is 5.17. The van der Waals surface area contributed by atoms with E-state index in [1.54, 1.807) is 36.4 Å². The van der Waals surface area contributed by atoms with Gasteiger partial charge >= 0.3 is 0 Å². The highest BCUT2D eigenvalue weighted by molar-refractivity contribution is 6.35. The van der Waals surface area contributed by atoms with Crippen LogP contribution in [0.3, 0.4) is 0 Å². The van der Waals surface area contributed by atoms with Crippen LogP contribution in [-0.2, 0) is 5.54 Å². The summed E-state index contributed by atoms with van der Waals surface area (Å²) >= 11 is 18.0. The van der Waals surface area contributed by atoms with Crippen LogP contribution < -0.4 is 5.32 Å². The van der Waals surface area contributed by atoms with Crippen molar-refractivity contribution in [3.05, 3.63) is 68.7 Å². The molecule has 0 unspecified atom stereocenters. The van der Waals surface area contributed by atoms with Crippen LogP contribution in [-0.4, -0.2) is 5.91 Å². The van der Waals surface area contributed by atoms with Gasteiger partial charge in [0.2, 0.25) is 0 Å². The van der Waals surface area contributed by atoms with Crippen LogP contribution in [0.1, 0.15) is 28.8 Å². The Morgan fingerprint density at radius 3 is 2.14 bits per heavy atom. The quantitative estimate of drug-likeness (QED) is 0.830. The summed E-state index contributed by atoms with van der Waals surface area (Å²) in [5.74, 6) is -0.129. The van der Waals surface area contributed by atoms with Gasteiger partial charge in [0.15, 0.2) is 0 Å². The zero-order valence-corrected chi connectivity index (χ0v) is 13.3. The maximum absolute atomic E-state index is 12.3. The molecule has 1 aliphatic rings.